The minimum absolute atomic E-state index is 0.0293. The molecule has 2 aromatic rings. The summed E-state index contributed by atoms with van der Waals surface area (Å²) in [4.78, 5) is 44.8. The van der Waals surface area contributed by atoms with Gasteiger partial charge in [0.05, 0.1) is 12.1 Å². The van der Waals surface area contributed by atoms with Gasteiger partial charge >= 0.3 is 0 Å². The van der Waals surface area contributed by atoms with E-state index in [1.807, 2.05) is 56.5 Å². The maximum absolute atomic E-state index is 14.4. The van der Waals surface area contributed by atoms with Gasteiger partial charge in [-0.05, 0) is 48.8 Å². The van der Waals surface area contributed by atoms with Gasteiger partial charge in [0.25, 0.3) is 0 Å². The molecule has 5 rings (SSSR count). The number of H-pyrrole nitrogens is 1. The summed E-state index contributed by atoms with van der Waals surface area (Å²) in [7, 11) is 1.59. The average Bonchev–Trinajstić information content (AvgIpc) is 3.51. The van der Waals surface area contributed by atoms with Gasteiger partial charge in [-0.15, -0.1) is 0 Å². The van der Waals surface area contributed by atoms with E-state index in [9.17, 15) is 24.6 Å². The molecule has 4 N–H and O–H groups in total. The van der Waals surface area contributed by atoms with Gasteiger partial charge in [0.1, 0.15) is 23.4 Å². The van der Waals surface area contributed by atoms with Gasteiger partial charge in [-0.25, -0.2) is 0 Å². The van der Waals surface area contributed by atoms with Crippen molar-refractivity contribution >= 4 is 28.4 Å². The Kier molecular flexibility index (Phi) is 7.94. The van der Waals surface area contributed by atoms with Crippen LogP contribution in [0.1, 0.15) is 51.7 Å². The molecule has 1 amide bonds. The number of aliphatic hydroxyl groups is 2. The molecule has 3 aliphatic rings. The number of carbonyl (C=O) groups is 3. The first-order chi connectivity index (χ1) is 19.5. The Morgan fingerprint density at radius 3 is 2.61 bits per heavy atom. The zero-order valence-electron chi connectivity index (χ0n) is 24.1. The summed E-state index contributed by atoms with van der Waals surface area (Å²) in [6.45, 7) is 9.75. The number of rotatable bonds is 3. The van der Waals surface area contributed by atoms with E-state index in [-0.39, 0.29) is 18.8 Å². The molecule has 1 spiro atoms. The van der Waals surface area contributed by atoms with Crippen LogP contribution in [-0.2, 0) is 19.1 Å². The average molecular weight is 561 g/mol. The molecule has 8 heteroatoms. The zero-order chi connectivity index (χ0) is 29.6. The molecule has 218 valence electrons. The molecule has 1 saturated carbocycles. The van der Waals surface area contributed by atoms with Crippen LogP contribution in [0.5, 0.6) is 0 Å². The second-order valence-corrected chi connectivity index (χ2v) is 12.0. The number of aromatic amines is 1. The fraction of sp³-hybridized carbons (Fsp3) is 0.485. The van der Waals surface area contributed by atoms with E-state index in [1.165, 1.54) is 0 Å². The van der Waals surface area contributed by atoms with Gasteiger partial charge in [0.15, 0.2) is 5.78 Å². The number of benzene rings is 1. The summed E-state index contributed by atoms with van der Waals surface area (Å²) in [5.41, 5.74) is 1.16. The summed E-state index contributed by atoms with van der Waals surface area (Å²) in [6, 6.07) is 7.22. The zero-order valence-corrected chi connectivity index (χ0v) is 24.1. The number of hydrogen-bond acceptors (Lipinski definition) is 6. The number of allylic oxidation sites excluding steroid dienone is 2. The van der Waals surface area contributed by atoms with Gasteiger partial charge in [-0.1, -0.05) is 56.9 Å². The lowest BCUT2D eigenvalue weighted by molar-refractivity contribution is -0.152. The monoisotopic (exact) mass is 560 g/mol. The summed E-state index contributed by atoms with van der Waals surface area (Å²) in [5.74, 6) is -3.18. The van der Waals surface area contributed by atoms with E-state index in [1.54, 1.807) is 20.1 Å². The van der Waals surface area contributed by atoms with Crippen molar-refractivity contribution in [3.63, 3.8) is 0 Å². The number of aliphatic hydroxyl groups excluding tert-OH is 2. The lowest BCUT2D eigenvalue weighted by atomic mass is 9.51. The Labute approximate surface area is 240 Å². The Morgan fingerprint density at radius 2 is 1.88 bits per heavy atom. The van der Waals surface area contributed by atoms with Crippen molar-refractivity contribution in [2.24, 2.45) is 29.1 Å². The molecule has 0 bridgehead atoms. The summed E-state index contributed by atoms with van der Waals surface area (Å²) in [6.07, 6.45) is 4.52. The number of carbonyl (C=O) groups excluding carboxylic acids is 3. The van der Waals surface area contributed by atoms with Gasteiger partial charge in [-0.3, -0.25) is 14.4 Å². The van der Waals surface area contributed by atoms with E-state index in [0.29, 0.717) is 17.6 Å². The predicted octanol–water partition coefficient (Wildman–Crippen LogP) is 3.96. The van der Waals surface area contributed by atoms with Crippen molar-refractivity contribution in [1.29, 1.82) is 0 Å². The molecule has 0 radical (unpaired) electrons. The smallest absolute Gasteiger partial charge is 0.235 e. The standard InChI is InChI=1S/C33H40N2O6/c1-17-9-8-11-23-30(39)20(4)19(3)27-28(31(41-5)22-16-34-24-12-7-6-10-21(22)24)35-32(40)33(23,27)26(37)14-13-25(36)29(38)18(2)15-17/h6-8,10-12,15-17,19,23,25,27-28,30-31,34,36,39H,4,9,13-14H2,1-3,5H3,(H,35,40)/b11-8-,18-15-/t17-,19+,23-,25-,27-,28+,30+,31+,33+/m0/s1. The van der Waals surface area contributed by atoms with Crippen molar-refractivity contribution in [1.82, 2.24) is 10.3 Å². The van der Waals surface area contributed by atoms with Crippen molar-refractivity contribution < 1.29 is 29.3 Å². The van der Waals surface area contributed by atoms with E-state index in [0.717, 1.165) is 16.5 Å². The summed E-state index contributed by atoms with van der Waals surface area (Å²) >= 11 is 0. The highest BCUT2D eigenvalue weighted by molar-refractivity contribution is 6.09. The van der Waals surface area contributed by atoms with Crippen molar-refractivity contribution in [2.45, 2.75) is 64.4 Å². The van der Waals surface area contributed by atoms with Crippen LogP contribution in [0.4, 0.5) is 0 Å². The highest BCUT2D eigenvalue weighted by Crippen LogP contribution is 2.58. The number of methoxy groups -OCH3 is 1. The van der Waals surface area contributed by atoms with E-state index >= 15 is 0 Å². The fourth-order valence-corrected chi connectivity index (χ4v) is 7.55. The third-order valence-corrected chi connectivity index (χ3v) is 9.65. The minimum Gasteiger partial charge on any atom is -0.388 e. The number of para-hydroxylation sites is 1. The molecule has 1 aromatic carbocycles. The summed E-state index contributed by atoms with van der Waals surface area (Å²) < 4.78 is 6.07. The summed E-state index contributed by atoms with van der Waals surface area (Å²) in [5, 5.41) is 26.3. The molecule has 8 nitrogen and oxygen atoms in total. The molecule has 9 atom stereocenters. The fourth-order valence-electron chi connectivity index (χ4n) is 7.55. The Hall–Kier alpha value is -3.33. The molecule has 1 aromatic heterocycles. The predicted molar refractivity (Wildman–Crippen MR) is 156 cm³/mol. The number of ketones is 2. The lowest BCUT2D eigenvalue weighted by Crippen LogP contribution is -2.58. The quantitative estimate of drug-likeness (QED) is 0.332. The number of amides is 1. The maximum atomic E-state index is 14.4. The van der Waals surface area contributed by atoms with Crippen LogP contribution < -0.4 is 5.32 Å². The molecule has 1 saturated heterocycles. The molecule has 2 fully saturated rings. The van der Waals surface area contributed by atoms with E-state index < -0.39 is 65.0 Å². The largest absolute Gasteiger partial charge is 0.388 e. The number of aromatic nitrogens is 1. The van der Waals surface area contributed by atoms with Crippen LogP contribution >= 0.6 is 0 Å². The second kappa shape index (κ2) is 11.2. The first kappa shape index (κ1) is 29.2. The third kappa shape index (κ3) is 4.62. The molecule has 2 aliphatic carbocycles. The second-order valence-electron chi connectivity index (χ2n) is 12.0. The molecule has 0 unspecified atom stereocenters. The molecule has 1 aliphatic heterocycles. The Balaban J connectivity index is 1.65. The number of fused-ring (bicyclic) bond motifs is 1. The number of ether oxygens (including phenoxy) is 1. The maximum Gasteiger partial charge on any atom is 0.235 e. The van der Waals surface area contributed by atoms with Crippen LogP contribution in [-0.4, -0.2) is 58.0 Å². The number of hydrogen-bond donors (Lipinski definition) is 4. The topological polar surface area (TPSA) is 129 Å². The first-order valence-electron chi connectivity index (χ1n) is 14.4. The normalized spacial score (nSPS) is 37.6. The molecule has 2 heterocycles. The SMILES string of the molecule is C=C1[C@@H](C)[C@H]2[C@H]([C@H](OC)c3c[nH]c4ccccc34)NC(=O)[C@]23C(=O)CC[C@H](O)C(=O)/C(C)=C\[C@@H](C)C/C=C\[C@H]3[C@@H]1O. The van der Waals surface area contributed by atoms with Crippen LogP contribution in [0.3, 0.4) is 0 Å². The van der Waals surface area contributed by atoms with Gasteiger partial charge in [-0.2, -0.15) is 0 Å². The molecular formula is C33H40N2O6. The highest BCUT2D eigenvalue weighted by atomic mass is 16.5. The number of nitrogens with one attached hydrogen (secondary N) is 2. The van der Waals surface area contributed by atoms with Gasteiger partial charge in [0.2, 0.25) is 5.91 Å². The van der Waals surface area contributed by atoms with Crippen LogP contribution in [0, 0.1) is 29.1 Å². The minimum atomic E-state index is -1.63. The first-order valence-corrected chi connectivity index (χ1v) is 14.4. The van der Waals surface area contributed by atoms with Crippen molar-refractivity contribution in [2.75, 3.05) is 7.11 Å². The van der Waals surface area contributed by atoms with Gasteiger partial charge < -0.3 is 25.3 Å². The van der Waals surface area contributed by atoms with Crippen molar-refractivity contribution in [3.05, 3.63) is 72.0 Å². The van der Waals surface area contributed by atoms with Crippen LogP contribution in [0.15, 0.2) is 66.4 Å². The van der Waals surface area contributed by atoms with Crippen molar-refractivity contribution in [3.8, 4) is 0 Å². The number of Topliss-reactive ketones (excluding diaryl/α,β-unsaturated/α-hetero) is 2. The van der Waals surface area contributed by atoms with Crippen LogP contribution in [0.2, 0.25) is 0 Å². The van der Waals surface area contributed by atoms with Gasteiger partial charge in [0, 0.05) is 48.0 Å². The highest BCUT2D eigenvalue weighted by Gasteiger charge is 2.69. The molecule has 41 heavy (non-hydrogen) atoms. The Bertz CT molecular complexity index is 1440. The third-order valence-electron chi connectivity index (χ3n) is 9.65. The molecular weight excluding hydrogens is 520 g/mol. The Morgan fingerprint density at radius 1 is 1.15 bits per heavy atom. The van der Waals surface area contributed by atoms with Crippen LogP contribution in [0.25, 0.3) is 10.9 Å². The lowest BCUT2D eigenvalue weighted by Gasteiger charge is -2.50. The van der Waals surface area contributed by atoms with E-state index in [2.05, 4.69) is 16.9 Å². The van der Waals surface area contributed by atoms with E-state index in [4.69, 9.17) is 4.74 Å².